The van der Waals surface area contributed by atoms with Crippen LogP contribution in [0.4, 0.5) is 11.4 Å². The number of hydrogen-bond acceptors (Lipinski definition) is 3. The van der Waals surface area contributed by atoms with Gasteiger partial charge in [-0.15, -0.1) is 0 Å². The molecule has 0 saturated carbocycles. The lowest BCUT2D eigenvalue weighted by atomic mass is 9.82. The van der Waals surface area contributed by atoms with E-state index in [1.54, 1.807) is 0 Å². The van der Waals surface area contributed by atoms with E-state index in [9.17, 15) is 0 Å². The summed E-state index contributed by atoms with van der Waals surface area (Å²) in [5.74, 6) is 0.150. The normalized spacial score (nSPS) is 24.3. The Hall–Kier alpha value is -4.74. The van der Waals surface area contributed by atoms with E-state index in [4.69, 9.17) is 0 Å². The molecule has 2 aromatic carbocycles. The highest BCUT2D eigenvalue weighted by atomic mass is 15.5. The van der Waals surface area contributed by atoms with E-state index in [2.05, 4.69) is 166 Å². The molecule has 4 heterocycles. The first-order valence-electron chi connectivity index (χ1n) is 16.4. The molecule has 45 heavy (non-hydrogen) atoms. The number of nitrogens with zero attached hydrogens (tertiary/aromatic N) is 4. The molecule has 3 unspecified atom stereocenters. The van der Waals surface area contributed by atoms with Crippen molar-refractivity contribution in [2.24, 2.45) is 5.92 Å². The number of hydrogen-bond donors (Lipinski definition) is 1. The van der Waals surface area contributed by atoms with Crippen molar-refractivity contribution < 1.29 is 0 Å². The van der Waals surface area contributed by atoms with Crippen molar-refractivity contribution in [1.82, 2.24) is 14.6 Å². The van der Waals surface area contributed by atoms with Crippen molar-refractivity contribution in [2.75, 3.05) is 23.0 Å². The van der Waals surface area contributed by atoms with Gasteiger partial charge in [-0.05, 0) is 75.6 Å². The van der Waals surface area contributed by atoms with Gasteiger partial charge in [-0.1, -0.05) is 84.0 Å². The Labute approximate surface area is 266 Å². The summed E-state index contributed by atoms with van der Waals surface area (Å²) in [6, 6.07) is 20.3. The second-order valence-electron chi connectivity index (χ2n) is 12.6. The smallest absolute Gasteiger partial charge is 0.0879 e. The average molecular weight is 592 g/mol. The third-order valence-electron chi connectivity index (χ3n) is 9.83. The predicted octanol–water partition coefficient (Wildman–Crippen LogP) is 8.49. The van der Waals surface area contributed by atoms with Gasteiger partial charge in [-0.25, -0.2) is 0 Å². The van der Waals surface area contributed by atoms with E-state index in [1.807, 2.05) is 0 Å². The fourth-order valence-electron chi connectivity index (χ4n) is 7.75. The third-order valence-corrected chi connectivity index (χ3v) is 9.83. The molecule has 226 valence electrons. The number of anilines is 2. The molecule has 5 nitrogen and oxygen atoms in total. The maximum absolute atomic E-state index is 3.79. The molecule has 3 atom stereocenters. The van der Waals surface area contributed by atoms with Gasteiger partial charge >= 0.3 is 0 Å². The van der Waals surface area contributed by atoms with Crippen LogP contribution < -0.4 is 15.2 Å². The maximum atomic E-state index is 3.79. The molecule has 1 N–H and O–H groups in total. The van der Waals surface area contributed by atoms with Crippen molar-refractivity contribution in [3.05, 3.63) is 150 Å². The quantitative estimate of drug-likeness (QED) is 0.236. The zero-order valence-electron chi connectivity index (χ0n) is 26.2. The summed E-state index contributed by atoms with van der Waals surface area (Å²) in [4.78, 5) is 2.62. The number of allylic oxidation sites excluding steroid dienone is 5. The predicted molar refractivity (Wildman–Crippen MR) is 188 cm³/mol. The molecule has 0 spiro atoms. The van der Waals surface area contributed by atoms with E-state index < -0.39 is 0 Å². The Morgan fingerprint density at radius 2 is 1.73 bits per heavy atom. The van der Waals surface area contributed by atoms with Crippen LogP contribution in [-0.2, 0) is 6.42 Å². The Morgan fingerprint density at radius 3 is 2.56 bits per heavy atom. The maximum Gasteiger partial charge on any atom is 0.0879 e. The molecule has 8 rings (SSSR count). The standard InChI is InChI=1S/C40H41N5/c1-29-21-23-31(24-22-29)44(35-17-11-16-34-39(35)30(2)13-6-8-28-43(34)42-26-9-10-27-42)36-18-12-19-37-40(36)32-14-3-4-15-33(32)45(37)38-20-5-7-25-41-38/h3,5-14,16-19,21-24,26-27,35,38-39,41H,4,15,20,25,28H2,1-2H3/b8-6-,30-13+. The van der Waals surface area contributed by atoms with Crippen LogP contribution in [0.5, 0.6) is 0 Å². The van der Waals surface area contributed by atoms with Crippen LogP contribution in [0.3, 0.4) is 0 Å². The summed E-state index contributed by atoms with van der Waals surface area (Å²) in [5, 5.41) is 7.54. The number of rotatable bonds is 5. The largest absolute Gasteiger partial charge is 0.333 e. The summed E-state index contributed by atoms with van der Waals surface area (Å²) in [6.07, 6.45) is 30.8. The summed E-state index contributed by atoms with van der Waals surface area (Å²) in [5.41, 5.74) is 10.5. The lowest BCUT2D eigenvalue weighted by Gasteiger charge is -2.44. The lowest BCUT2D eigenvalue weighted by molar-refractivity contribution is 0.413. The first-order chi connectivity index (χ1) is 22.2. The second kappa shape index (κ2) is 11.6. The van der Waals surface area contributed by atoms with Gasteiger partial charge < -0.3 is 9.47 Å². The molecule has 2 aromatic heterocycles. The molecule has 0 saturated heterocycles. The van der Waals surface area contributed by atoms with Gasteiger partial charge in [0.15, 0.2) is 0 Å². The molecule has 4 aliphatic rings. The van der Waals surface area contributed by atoms with Crippen LogP contribution in [0.15, 0.2) is 133 Å². The minimum absolute atomic E-state index is 0.0708. The molecule has 0 fully saturated rings. The van der Waals surface area contributed by atoms with E-state index in [0.717, 1.165) is 32.4 Å². The van der Waals surface area contributed by atoms with E-state index in [1.165, 1.54) is 50.4 Å². The van der Waals surface area contributed by atoms with Crippen LogP contribution >= 0.6 is 0 Å². The molecule has 0 amide bonds. The number of fused-ring (bicyclic) bond motifs is 4. The first-order valence-corrected chi connectivity index (χ1v) is 16.4. The third kappa shape index (κ3) is 4.83. The van der Waals surface area contributed by atoms with Crippen molar-refractivity contribution >= 4 is 28.4 Å². The number of nitrogens with one attached hydrogen (secondary N) is 1. The van der Waals surface area contributed by atoms with E-state index in [-0.39, 0.29) is 18.1 Å². The number of benzene rings is 2. The fraction of sp³-hybridized carbons (Fsp3) is 0.250. The highest BCUT2D eigenvalue weighted by Gasteiger charge is 2.37. The molecule has 4 aromatic rings. The molecule has 2 aliphatic heterocycles. The van der Waals surface area contributed by atoms with Crippen molar-refractivity contribution in [3.8, 4) is 0 Å². The average Bonchev–Trinajstić information content (AvgIpc) is 3.72. The van der Waals surface area contributed by atoms with Gasteiger partial charge in [0.2, 0.25) is 0 Å². The molecular weight excluding hydrogens is 550 g/mol. The van der Waals surface area contributed by atoms with Gasteiger partial charge in [0, 0.05) is 52.9 Å². The zero-order chi connectivity index (χ0) is 30.3. The SMILES string of the molecule is C/C1=C\C=C/CN(n2cccc2)C2=CC=CC(N(c3ccc(C)cc3)c3cccc4c3c3c(n4C4CC=CCN4)CCC=C3)C21. The van der Waals surface area contributed by atoms with Gasteiger partial charge in [0.25, 0.3) is 0 Å². The molecule has 5 heteroatoms. The Bertz CT molecular complexity index is 1890. The summed E-state index contributed by atoms with van der Waals surface area (Å²) >= 11 is 0. The van der Waals surface area contributed by atoms with Gasteiger partial charge in [0.1, 0.15) is 0 Å². The summed E-state index contributed by atoms with van der Waals surface area (Å²) < 4.78 is 4.83. The molecule has 2 aliphatic carbocycles. The van der Waals surface area contributed by atoms with Crippen LogP contribution in [0.25, 0.3) is 17.0 Å². The topological polar surface area (TPSA) is 28.4 Å². The van der Waals surface area contributed by atoms with Crippen molar-refractivity contribution in [3.63, 3.8) is 0 Å². The molecule has 0 bridgehead atoms. The minimum Gasteiger partial charge on any atom is -0.333 e. The highest BCUT2D eigenvalue weighted by Crippen LogP contribution is 2.45. The number of aryl methyl sites for hydroxylation is 1. The Balaban J connectivity index is 1.35. The second-order valence-corrected chi connectivity index (χ2v) is 12.6. The monoisotopic (exact) mass is 591 g/mol. The van der Waals surface area contributed by atoms with Crippen molar-refractivity contribution in [1.29, 1.82) is 0 Å². The fourth-order valence-corrected chi connectivity index (χ4v) is 7.75. The summed E-state index contributed by atoms with van der Waals surface area (Å²) in [7, 11) is 0. The van der Waals surface area contributed by atoms with E-state index >= 15 is 0 Å². The van der Waals surface area contributed by atoms with Crippen molar-refractivity contribution in [2.45, 2.75) is 45.3 Å². The Morgan fingerprint density at radius 1 is 0.867 bits per heavy atom. The van der Waals surface area contributed by atoms with Crippen LogP contribution in [0, 0.1) is 12.8 Å². The van der Waals surface area contributed by atoms with Gasteiger partial charge in [-0.2, -0.15) is 0 Å². The minimum atomic E-state index is 0.0708. The van der Waals surface area contributed by atoms with Crippen LogP contribution in [0.2, 0.25) is 0 Å². The van der Waals surface area contributed by atoms with Gasteiger partial charge in [-0.3, -0.25) is 15.0 Å². The van der Waals surface area contributed by atoms with Crippen LogP contribution in [0.1, 0.15) is 42.8 Å². The van der Waals surface area contributed by atoms with Crippen LogP contribution in [-0.4, -0.2) is 28.4 Å². The van der Waals surface area contributed by atoms with Gasteiger partial charge in [0.05, 0.1) is 30.0 Å². The first kappa shape index (κ1) is 27.8. The molecular formula is C40H41N5. The Kier molecular flexibility index (Phi) is 7.19. The highest BCUT2D eigenvalue weighted by molar-refractivity contribution is 6.03. The summed E-state index contributed by atoms with van der Waals surface area (Å²) in [6.45, 7) is 6.19. The molecule has 0 radical (unpaired) electrons. The number of aromatic nitrogens is 2. The lowest BCUT2D eigenvalue weighted by Crippen LogP contribution is -2.46. The van der Waals surface area contributed by atoms with E-state index in [0.29, 0.717) is 0 Å². The zero-order valence-corrected chi connectivity index (χ0v) is 26.2.